The van der Waals surface area contributed by atoms with E-state index in [1.54, 1.807) is 0 Å². The molecule has 1 atom stereocenters. The van der Waals surface area contributed by atoms with Crippen molar-refractivity contribution in [2.45, 2.75) is 93.1 Å². The molecule has 0 spiro atoms. The van der Waals surface area contributed by atoms with Crippen molar-refractivity contribution < 1.29 is 14.3 Å². The highest BCUT2D eigenvalue weighted by Crippen LogP contribution is 2.42. The Morgan fingerprint density at radius 2 is 1.52 bits per heavy atom. The van der Waals surface area contributed by atoms with Crippen LogP contribution in [0, 0.1) is 10.8 Å². The summed E-state index contributed by atoms with van der Waals surface area (Å²) in [4.78, 5) is 11.8. The second-order valence-corrected chi connectivity index (χ2v) is 10.4. The van der Waals surface area contributed by atoms with Gasteiger partial charge in [-0.05, 0) is 68.1 Å². The SMILES string of the molecule is CCC(C)(C)CCC(c1ccc(OCC(=O)OC(C)(C)C)cc1)C(C)(C)C. The Bertz CT molecular complexity index is 586. The molecular formula is C24H40O3. The molecule has 0 aliphatic carbocycles. The molecule has 1 aromatic carbocycles. The normalized spacial score (nSPS) is 14.0. The van der Waals surface area contributed by atoms with E-state index >= 15 is 0 Å². The molecule has 1 rings (SSSR count). The molecule has 1 aromatic rings. The highest BCUT2D eigenvalue weighted by Gasteiger charge is 2.28. The average Bonchev–Trinajstić information content (AvgIpc) is 2.51. The van der Waals surface area contributed by atoms with E-state index in [-0.39, 0.29) is 18.0 Å². The molecule has 0 radical (unpaired) electrons. The number of ether oxygens (including phenoxy) is 2. The molecule has 0 amide bonds. The van der Waals surface area contributed by atoms with E-state index in [4.69, 9.17) is 9.47 Å². The number of esters is 1. The first-order valence-corrected chi connectivity index (χ1v) is 10.2. The van der Waals surface area contributed by atoms with Gasteiger partial charge in [0.2, 0.25) is 0 Å². The topological polar surface area (TPSA) is 35.5 Å². The van der Waals surface area contributed by atoms with Crippen LogP contribution in [0.25, 0.3) is 0 Å². The molecule has 3 heteroatoms. The van der Waals surface area contributed by atoms with Crippen LogP contribution in [0.5, 0.6) is 5.75 Å². The Hall–Kier alpha value is -1.51. The van der Waals surface area contributed by atoms with Crippen LogP contribution in [0.2, 0.25) is 0 Å². The fourth-order valence-corrected chi connectivity index (χ4v) is 3.12. The number of carbonyl (C=O) groups excluding carboxylic acids is 1. The Balaban J connectivity index is 2.76. The Kier molecular flexibility index (Phi) is 7.95. The van der Waals surface area contributed by atoms with Gasteiger partial charge in [0.15, 0.2) is 6.61 Å². The van der Waals surface area contributed by atoms with Crippen molar-refractivity contribution in [3.05, 3.63) is 29.8 Å². The monoisotopic (exact) mass is 376 g/mol. The van der Waals surface area contributed by atoms with E-state index in [0.29, 0.717) is 17.1 Å². The molecule has 0 N–H and O–H groups in total. The van der Waals surface area contributed by atoms with Crippen molar-refractivity contribution in [2.75, 3.05) is 6.61 Å². The zero-order valence-electron chi connectivity index (χ0n) is 18.9. The lowest BCUT2D eigenvalue weighted by atomic mass is 9.71. The standard InChI is InChI=1S/C24H40O3/c1-10-24(8,9)16-15-20(22(2,3)4)18-11-13-19(14-12-18)26-17-21(25)27-23(5,6)7/h11-14,20H,10,15-17H2,1-9H3. The average molecular weight is 377 g/mol. The van der Waals surface area contributed by atoms with Crippen LogP contribution in [0.3, 0.4) is 0 Å². The van der Waals surface area contributed by atoms with Crippen LogP contribution in [-0.4, -0.2) is 18.2 Å². The molecule has 0 fully saturated rings. The van der Waals surface area contributed by atoms with Crippen molar-refractivity contribution in [1.29, 1.82) is 0 Å². The Labute approximate surface area is 166 Å². The summed E-state index contributed by atoms with van der Waals surface area (Å²) < 4.78 is 10.9. The molecule has 0 aliphatic rings. The summed E-state index contributed by atoms with van der Waals surface area (Å²) in [6.45, 7) is 19.4. The van der Waals surface area contributed by atoms with Crippen LogP contribution in [0.4, 0.5) is 0 Å². The molecule has 0 aromatic heterocycles. The molecule has 27 heavy (non-hydrogen) atoms. The first-order chi connectivity index (χ1) is 12.2. The predicted molar refractivity (Wildman–Crippen MR) is 113 cm³/mol. The van der Waals surface area contributed by atoms with Gasteiger partial charge in [0, 0.05) is 0 Å². The van der Waals surface area contributed by atoms with Gasteiger partial charge in [-0.3, -0.25) is 0 Å². The van der Waals surface area contributed by atoms with Gasteiger partial charge in [-0.1, -0.05) is 60.1 Å². The molecule has 0 saturated carbocycles. The van der Waals surface area contributed by atoms with Gasteiger partial charge < -0.3 is 9.47 Å². The lowest BCUT2D eigenvalue weighted by Gasteiger charge is -2.34. The molecule has 154 valence electrons. The van der Waals surface area contributed by atoms with Crippen molar-refractivity contribution >= 4 is 5.97 Å². The Morgan fingerprint density at radius 1 is 0.963 bits per heavy atom. The number of benzene rings is 1. The summed E-state index contributed by atoms with van der Waals surface area (Å²) >= 11 is 0. The zero-order chi connectivity index (χ0) is 20.9. The summed E-state index contributed by atoms with van der Waals surface area (Å²) in [6.07, 6.45) is 3.58. The van der Waals surface area contributed by atoms with Gasteiger partial charge in [0.1, 0.15) is 11.4 Å². The summed E-state index contributed by atoms with van der Waals surface area (Å²) in [6, 6.07) is 8.20. The lowest BCUT2D eigenvalue weighted by molar-refractivity contribution is -0.157. The molecule has 3 nitrogen and oxygen atoms in total. The predicted octanol–water partition coefficient (Wildman–Crippen LogP) is 6.75. The molecule has 0 aliphatic heterocycles. The van der Waals surface area contributed by atoms with Gasteiger partial charge in [-0.2, -0.15) is 0 Å². The highest BCUT2D eigenvalue weighted by molar-refractivity contribution is 5.71. The van der Waals surface area contributed by atoms with Gasteiger partial charge in [-0.25, -0.2) is 4.79 Å². The van der Waals surface area contributed by atoms with Crippen molar-refractivity contribution in [3.8, 4) is 5.75 Å². The summed E-state index contributed by atoms with van der Waals surface area (Å²) in [5, 5.41) is 0. The number of carbonyl (C=O) groups is 1. The van der Waals surface area contributed by atoms with Crippen molar-refractivity contribution in [2.24, 2.45) is 10.8 Å². The third-order valence-electron chi connectivity index (χ3n) is 5.17. The van der Waals surface area contributed by atoms with Gasteiger partial charge in [-0.15, -0.1) is 0 Å². The second kappa shape index (κ2) is 9.12. The quantitative estimate of drug-likeness (QED) is 0.471. The number of rotatable bonds is 8. The van der Waals surface area contributed by atoms with Gasteiger partial charge in [0.05, 0.1) is 0 Å². The van der Waals surface area contributed by atoms with Crippen LogP contribution in [0.15, 0.2) is 24.3 Å². The highest BCUT2D eigenvalue weighted by atomic mass is 16.6. The largest absolute Gasteiger partial charge is 0.482 e. The molecule has 0 saturated heterocycles. The third-order valence-corrected chi connectivity index (χ3v) is 5.17. The van der Waals surface area contributed by atoms with Crippen molar-refractivity contribution in [3.63, 3.8) is 0 Å². The first kappa shape index (κ1) is 23.5. The third kappa shape index (κ3) is 8.81. The van der Waals surface area contributed by atoms with E-state index in [1.807, 2.05) is 32.9 Å². The minimum Gasteiger partial charge on any atom is -0.482 e. The van der Waals surface area contributed by atoms with E-state index in [0.717, 1.165) is 0 Å². The lowest BCUT2D eigenvalue weighted by Crippen LogP contribution is -2.27. The summed E-state index contributed by atoms with van der Waals surface area (Å²) in [7, 11) is 0. The Morgan fingerprint density at radius 3 is 1.96 bits per heavy atom. The molecule has 0 heterocycles. The summed E-state index contributed by atoms with van der Waals surface area (Å²) in [5.41, 5.74) is 1.41. The fraction of sp³-hybridized carbons (Fsp3) is 0.708. The number of hydrogen-bond acceptors (Lipinski definition) is 3. The fourth-order valence-electron chi connectivity index (χ4n) is 3.12. The van der Waals surface area contributed by atoms with Gasteiger partial charge >= 0.3 is 5.97 Å². The minimum atomic E-state index is -0.490. The van der Waals surface area contributed by atoms with Crippen LogP contribution in [-0.2, 0) is 9.53 Å². The van der Waals surface area contributed by atoms with Crippen LogP contribution >= 0.6 is 0 Å². The van der Waals surface area contributed by atoms with E-state index in [9.17, 15) is 4.79 Å². The van der Waals surface area contributed by atoms with E-state index < -0.39 is 5.60 Å². The van der Waals surface area contributed by atoms with Crippen LogP contribution < -0.4 is 4.74 Å². The summed E-state index contributed by atoms with van der Waals surface area (Å²) in [5.74, 6) is 0.843. The molecule has 1 unspecified atom stereocenters. The molecular weight excluding hydrogens is 336 g/mol. The maximum Gasteiger partial charge on any atom is 0.344 e. The maximum atomic E-state index is 11.8. The maximum absolute atomic E-state index is 11.8. The van der Waals surface area contributed by atoms with Crippen molar-refractivity contribution in [1.82, 2.24) is 0 Å². The van der Waals surface area contributed by atoms with E-state index in [2.05, 4.69) is 53.7 Å². The zero-order valence-corrected chi connectivity index (χ0v) is 18.9. The number of hydrogen-bond donors (Lipinski definition) is 0. The smallest absolute Gasteiger partial charge is 0.344 e. The van der Waals surface area contributed by atoms with Crippen LogP contribution in [0.1, 0.15) is 93.1 Å². The van der Waals surface area contributed by atoms with E-state index in [1.165, 1.54) is 24.8 Å². The van der Waals surface area contributed by atoms with Gasteiger partial charge in [0.25, 0.3) is 0 Å². The first-order valence-electron chi connectivity index (χ1n) is 10.2. The second-order valence-electron chi connectivity index (χ2n) is 10.4. The molecule has 0 bridgehead atoms. The minimum absolute atomic E-state index is 0.0655.